The minimum Gasteiger partial charge on any atom is -0.349 e. The van der Waals surface area contributed by atoms with E-state index < -0.39 is 0 Å². The first-order valence-corrected chi connectivity index (χ1v) is 13.1. The van der Waals surface area contributed by atoms with E-state index in [-0.39, 0.29) is 11.9 Å². The van der Waals surface area contributed by atoms with Crippen LogP contribution in [0.25, 0.3) is 0 Å². The van der Waals surface area contributed by atoms with Crippen molar-refractivity contribution >= 4 is 5.91 Å². The van der Waals surface area contributed by atoms with E-state index in [4.69, 9.17) is 0 Å². The molecule has 1 aromatic rings. The zero-order chi connectivity index (χ0) is 21.0. The van der Waals surface area contributed by atoms with Gasteiger partial charge in [-0.15, -0.1) is 0 Å². The molecule has 0 bridgehead atoms. The Hall–Kier alpha value is -1.31. The Kier molecular flexibility index (Phi) is 10.3. The molecule has 0 aliphatic heterocycles. The number of hydrogen-bond acceptors (Lipinski definition) is 1. The molecule has 30 heavy (non-hydrogen) atoms. The van der Waals surface area contributed by atoms with Crippen LogP contribution < -0.4 is 5.32 Å². The van der Waals surface area contributed by atoms with Gasteiger partial charge in [-0.1, -0.05) is 108 Å². The maximum Gasteiger partial charge on any atom is 0.220 e. The van der Waals surface area contributed by atoms with Gasteiger partial charge in [0.2, 0.25) is 5.91 Å². The van der Waals surface area contributed by atoms with Gasteiger partial charge in [0.1, 0.15) is 0 Å². The molecule has 2 aliphatic rings. The number of fused-ring (bicyclic) bond motifs is 1. The number of amides is 1. The minimum absolute atomic E-state index is 0.243. The summed E-state index contributed by atoms with van der Waals surface area (Å²) in [5, 5.41) is 3.26. The van der Waals surface area contributed by atoms with Crippen LogP contribution in [-0.2, 0) is 11.2 Å². The third kappa shape index (κ3) is 8.08. The molecule has 1 N–H and O–H groups in total. The molecule has 0 aromatic heterocycles. The predicted molar refractivity (Wildman–Crippen MR) is 128 cm³/mol. The quantitative estimate of drug-likeness (QED) is 0.275. The SMILES string of the molecule is CCCCCCCC[C@H]1C[C@H]1CCCCCCCC(=O)NC1CCc2ccccc21. The van der Waals surface area contributed by atoms with Crippen LogP contribution in [0.3, 0.4) is 0 Å². The van der Waals surface area contributed by atoms with Gasteiger partial charge in [-0.2, -0.15) is 0 Å². The molecular weight excluding hydrogens is 366 g/mol. The summed E-state index contributed by atoms with van der Waals surface area (Å²) < 4.78 is 0. The van der Waals surface area contributed by atoms with Crippen molar-refractivity contribution in [2.24, 2.45) is 11.8 Å². The number of carbonyl (C=O) groups excluding carboxylic acids is 1. The molecule has 2 nitrogen and oxygen atoms in total. The van der Waals surface area contributed by atoms with Crippen LogP contribution in [0.2, 0.25) is 0 Å². The first-order valence-electron chi connectivity index (χ1n) is 13.1. The third-order valence-corrected chi connectivity index (χ3v) is 7.44. The Bertz CT molecular complexity index is 625. The van der Waals surface area contributed by atoms with E-state index in [1.807, 2.05) is 0 Å². The standard InChI is InChI=1S/C28H45NO/c1-2-3-4-5-7-10-16-24-22-25(24)17-11-8-6-9-12-19-28(30)29-27-21-20-23-15-13-14-18-26(23)27/h13-15,18,24-25,27H,2-12,16-17,19-22H2,1H3,(H,29,30)/t24-,25+,27?/m0/s1. The number of benzene rings is 1. The van der Waals surface area contributed by atoms with Crippen molar-refractivity contribution in [3.63, 3.8) is 0 Å². The van der Waals surface area contributed by atoms with E-state index in [2.05, 4.69) is 36.5 Å². The molecule has 1 unspecified atom stereocenters. The number of rotatable bonds is 16. The largest absolute Gasteiger partial charge is 0.349 e. The molecule has 2 aliphatic carbocycles. The highest BCUT2D eigenvalue weighted by atomic mass is 16.1. The van der Waals surface area contributed by atoms with Crippen LogP contribution in [0, 0.1) is 11.8 Å². The van der Waals surface area contributed by atoms with Crippen molar-refractivity contribution < 1.29 is 4.79 Å². The summed E-state index contributed by atoms with van der Waals surface area (Å²) in [5.41, 5.74) is 2.74. The van der Waals surface area contributed by atoms with Crippen molar-refractivity contribution in [2.75, 3.05) is 0 Å². The molecule has 1 fully saturated rings. The summed E-state index contributed by atoms with van der Waals surface area (Å²) >= 11 is 0. The molecule has 2 heteroatoms. The molecule has 168 valence electrons. The fourth-order valence-corrected chi connectivity index (χ4v) is 5.40. The summed E-state index contributed by atoms with van der Waals surface area (Å²) in [4.78, 5) is 12.3. The average molecular weight is 412 g/mol. The third-order valence-electron chi connectivity index (χ3n) is 7.44. The topological polar surface area (TPSA) is 29.1 Å². The van der Waals surface area contributed by atoms with E-state index in [9.17, 15) is 4.79 Å². The highest BCUT2D eigenvalue weighted by Gasteiger charge is 2.35. The van der Waals surface area contributed by atoms with Gasteiger partial charge in [0.15, 0.2) is 0 Å². The monoisotopic (exact) mass is 411 g/mol. The van der Waals surface area contributed by atoms with Crippen LogP contribution in [0.1, 0.15) is 127 Å². The molecule has 0 radical (unpaired) electrons. The Labute approximate surface area is 185 Å². The number of carbonyl (C=O) groups is 1. The zero-order valence-corrected chi connectivity index (χ0v) is 19.5. The van der Waals surface area contributed by atoms with Gasteiger partial charge in [0.05, 0.1) is 6.04 Å². The molecule has 0 saturated heterocycles. The molecule has 1 saturated carbocycles. The van der Waals surface area contributed by atoms with E-state index in [0.29, 0.717) is 6.42 Å². The van der Waals surface area contributed by atoms with E-state index >= 15 is 0 Å². The number of aryl methyl sites for hydroxylation is 1. The summed E-state index contributed by atoms with van der Waals surface area (Å²) in [5.74, 6) is 2.37. The first-order chi connectivity index (χ1) is 14.8. The van der Waals surface area contributed by atoms with Crippen LogP contribution >= 0.6 is 0 Å². The normalized spacial score (nSPS) is 22.1. The molecular formula is C28H45NO. The van der Waals surface area contributed by atoms with Gasteiger partial charge in [-0.3, -0.25) is 4.79 Å². The lowest BCUT2D eigenvalue weighted by molar-refractivity contribution is -0.121. The lowest BCUT2D eigenvalue weighted by atomic mass is 10.0. The predicted octanol–water partition coefficient (Wildman–Crippen LogP) is 7.91. The highest BCUT2D eigenvalue weighted by Crippen LogP contribution is 2.45. The lowest BCUT2D eigenvalue weighted by Gasteiger charge is -2.14. The van der Waals surface area contributed by atoms with Gasteiger partial charge in [-0.05, 0) is 48.6 Å². The first kappa shape index (κ1) is 23.4. The smallest absolute Gasteiger partial charge is 0.220 e. The van der Waals surface area contributed by atoms with Crippen LogP contribution in [0.5, 0.6) is 0 Å². The van der Waals surface area contributed by atoms with E-state index in [1.54, 1.807) is 0 Å². The van der Waals surface area contributed by atoms with Crippen molar-refractivity contribution in [3.05, 3.63) is 35.4 Å². The number of unbranched alkanes of at least 4 members (excludes halogenated alkanes) is 9. The maximum atomic E-state index is 12.3. The van der Waals surface area contributed by atoms with E-state index in [0.717, 1.165) is 31.1 Å². The summed E-state index contributed by atoms with van der Waals surface area (Å²) in [6, 6.07) is 8.80. The van der Waals surface area contributed by atoms with Crippen molar-refractivity contribution in [1.29, 1.82) is 0 Å². The Morgan fingerprint density at radius 1 is 0.867 bits per heavy atom. The second-order valence-corrected chi connectivity index (χ2v) is 9.98. The number of hydrogen-bond donors (Lipinski definition) is 1. The molecule has 1 amide bonds. The van der Waals surface area contributed by atoms with Gasteiger partial charge in [-0.25, -0.2) is 0 Å². The van der Waals surface area contributed by atoms with Gasteiger partial charge in [0, 0.05) is 6.42 Å². The fourth-order valence-electron chi connectivity index (χ4n) is 5.40. The van der Waals surface area contributed by atoms with Gasteiger partial charge >= 0.3 is 0 Å². The van der Waals surface area contributed by atoms with Crippen molar-refractivity contribution in [3.8, 4) is 0 Å². The van der Waals surface area contributed by atoms with Crippen LogP contribution in [0.15, 0.2) is 24.3 Å². The van der Waals surface area contributed by atoms with E-state index in [1.165, 1.54) is 94.6 Å². The maximum absolute atomic E-state index is 12.3. The second kappa shape index (κ2) is 13.2. The van der Waals surface area contributed by atoms with Crippen LogP contribution in [0.4, 0.5) is 0 Å². The Morgan fingerprint density at radius 3 is 2.23 bits per heavy atom. The summed E-state index contributed by atoms with van der Waals surface area (Å²) in [7, 11) is 0. The summed E-state index contributed by atoms with van der Waals surface area (Å²) in [6.45, 7) is 2.29. The second-order valence-electron chi connectivity index (χ2n) is 9.98. The molecule has 0 heterocycles. The Morgan fingerprint density at radius 2 is 1.50 bits per heavy atom. The minimum atomic E-state index is 0.243. The molecule has 3 atom stereocenters. The molecule has 3 rings (SSSR count). The van der Waals surface area contributed by atoms with Crippen molar-refractivity contribution in [1.82, 2.24) is 5.32 Å². The molecule has 1 aromatic carbocycles. The molecule has 0 spiro atoms. The fraction of sp³-hybridized carbons (Fsp3) is 0.750. The summed E-state index contributed by atoms with van der Waals surface area (Å²) in [6.07, 6.45) is 22.3. The Balaban J connectivity index is 1.11. The zero-order valence-electron chi connectivity index (χ0n) is 19.5. The average Bonchev–Trinajstić information content (AvgIpc) is 3.39. The van der Waals surface area contributed by atoms with Gasteiger partial charge in [0.25, 0.3) is 0 Å². The highest BCUT2D eigenvalue weighted by molar-refractivity contribution is 5.76. The van der Waals surface area contributed by atoms with Crippen molar-refractivity contribution in [2.45, 2.75) is 122 Å². The number of nitrogens with one attached hydrogen (secondary N) is 1. The van der Waals surface area contributed by atoms with Gasteiger partial charge < -0.3 is 5.32 Å². The van der Waals surface area contributed by atoms with Crippen LogP contribution in [-0.4, -0.2) is 5.91 Å². The lowest BCUT2D eigenvalue weighted by Crippen LogP contribution is -2.26.